The highest BCUT2D eigenvalue weighted by Gasteiger charge is 2.19. The zero-order valence-electron chi connectivity index (χ0n) is 12.5. The van der Waals surface area contributed by atoms with Gasteiger partial charge in [0.1, 0.15) is 0 Å². The molecule has 0 radical (unpaired) electrons. The second kappa shape index (κ2) is 9.44. The summed E-state index contributed by atoms with van der Waals surface area (Å²) in [6.45, 7) is 6.89. The lowest BCUT2D eigenvalue weighted by Gasteiger charge is -2.29. The van der Waals surface area contributed by atoms with Crippen molar-refractivity contribution < 1.29 is 4.79 Å². The Kier molecular flexibility index (Phi) is 7.84. The Morgan fingerprint density at radius 2 is 2.25 bits per heavy atom. The fourth-order valence-corrected chi connectivity index (χ4v) is 2.11. The van der Waals surface area contributed by atoms with Gasteiger partial charge >= 0.3 is 0 Å². The maximum absolute atomic E-state index is 11.8. The van der Waals surface area contributed by atoms with Crippen LogP contribution < -0.4 is 11.1 Å². The van der Waals surface area contributed by atoms with E-state index in [1.165, 1.54) is 0 Å². The van der Waals surface area contributed by atoms with Crippen LogP contribution in [0.2, 0.25) is 0 Å². The van der Waals surface area contributed by atoms with Crippen molar-refractivity contribution in [1.82, 2.24) is 15.2 Å². The van der Waals surface area contributed by atoms with E-state index in [2.05, 4.69) is 22.1 Å². The van der Waals surface area contributed by atoms with Crippen LogP contribution in [0.15, 0.2) is 24.4 Å². The van der Waals surface area contributed by atoms with Gasteiger partial charge in [0, 0.05) is 38.3 Å². The molecular formula is C15H26N4O. The van der Waals surface area contributed by atoms with E-state index in [0.717, 1.165) is 31.7 Å². The van der Waals surface area contributed by atoms with Gasteiger partial charge in [-0.15, -0.1) is 0 Å². The molecule has 0 saturated carbocycles. The number of amides is 1. The molecule has 0 saturated heterocycles. The zero-order chi connectivity index (χ0) is 14.8. The summed E-state index contributed by atoms with van der Waals surface area (Å²) in [6.07, 6.45) is 3.18. The molecule has 5 heteroatoms. The van der Waals surface area contributed by atoms with Gasteiger partial charge < -0.3 is 11.1 Å². The third-order valence-corrected chi connectivity index (χ3v) is 3.28. The molecule has 1 aromatic rings. The van der Waals surface area contributed by atoms with Crippen LogP contribution in [0.3, 0.4) is 0 Å². The van der Waals surface area contributed by atoms with Gasteiger partial charge in [-0.3, -0.25) is 14.7 Å². The number of nitrogens with zero attached hydrogens (tertiary/aromatic N) is 2. The highest BCUT2D eigenvalue weighted by molar-refractivity contribution is 5.76. The second-order valence-corrected chi connectivity index (χ2v) is 4.83. The number of carbonyl (C=O) groups excluding carboxylic acids is 1. The maximum Gasteiger partial charge on any atom is 0.221 e. The van der Waals surface area contributed by atoms with Crippen LogP contribution in [0.4, 0.5) is 0 Å². The number of carbonyl (C=O) groups is 1. The van der Waals surface area contributed by atoms with Crippen LogP contribution in [0, 0.1) is 0 Å². The first-order valence-electron chi connectivity index (χ1n) is 7.31. The topological polar surface area (TPSA) is 71.2 Å². The first-order chi connectivity index (χ1) is 9.71. The fourth-order valence-electron chi connectivity index (χ4n) is 2.11. The molecule has 112 valence electrons. The quantitative estimate of drug-likeness (QED) is 0.711. The van der Waals surface area contributed by atoms with Crippen molar-refractivity contribution in [2.75, 3.05) is 19.6 Å². The summed E-state index contributed by atoms with van der Waals surface area (Å²) in [4.78, 5) is 18.4. The van der Waals surface area contributed by atoms with E-state index in [1.54, 1.807) is 6.20 Å². The summed E-state index contributed by atoms with van der Waals surface area (Å²) in [6, 6.07) is 5.92. The molecule has 0 aliphatic rings. The molecule has 0 aliphatic carbocycles. The molecule has 1 atom stereocenters. The number of nitrogens with two attached hydrogens (primary N) is 1. The van der Waals surface area contributed by atoms with Crippen molar-refractivity contribution in [2.45, 2.75) is 39.3 Å². The van der Waals surface area contributed by atoms with Gasteiger partial charge in [0.2, 0.25) is 5.91 Å². The van der Waals surface area contributed by atoms with E-state index in [9.17, 15) is 4.79 Å². The van der Waals surface area contributed by atoms with Crippen LogP contribution in [0.5, 0.6) is 0 Å². The van der Waals surface area contributed by atoms with Crippen LogP contribution >= 0.6 is 0 Å². The minimum atomic E-state index is 0.0545. The Morgan fingerprint density at radius 3 is 2.80 bits per heavy atom. The molecule has 0 aromatic carbocycles. The summed E-state index contributed by atoms with van der Waals surface area (Å²) < 4.78 is 0. The van der Waals surface area contributed by atoms with E-state index in [1.807, 2.05) is 25.1 Å². The molecule has 0 spiro atoms. The Morgan fingerprint density at radius 1 is 1.45 bits per heavy atom. The minimum Gasteiger partial charge on any atom is -0.356 e. The normalized spacial score (nSPS) is 12.4. The number of likely N-dealkylation sites (N-methyl/N-ethyl adjacent to an activating group) is 1. The van der Waals surface area contributed by atoms with Gasteiger partial charge in [0.05, 0.1) is 5.69 Å². The number of hydrogen-bond acceptors (Lipinski definition) is 4. The van der Waals surface area contributed by atoms with E-state index >= 15 is 0 Å². The molecule has 1 rings (SSSR count). The van der Waals surface area contributed by atoms with Gasteiger partial charge in [0.25, 0.3) is 0 Å². The maximum atomic E-state index is 11.8. The van der Waals surface area contributed by atoms with Crippen molar-refractivity contribution in [3.63, 3.8) is 0 Å². The third-order valence-electron chi connectivity index (χ3n) is 3.28. The highest BCUT2D eigenvalue weighted by atomic mass is 16.1. The predicted molar refractivity (Wildman–Crippen MR) is 81.1 cm³/mol. The molecule has 1 unspecified atom stereocenters. The SMILES string of the molecule is CCCNC(=O)CC(CN)N(CC)Cc1ccccn1. The first kappa shape index (κ1) is 16.6. The monoisotopic (exact) mass is 278 g/mol. The molecular weight excluding hydrogens is 252 g/mol. The fraction of sp³-hybridized carbons (Fsp3) is 0.600. The van der Waals surface area contributed by atoms with Crippen molar-refractivity contribution in [3.8, 4) is 0 Å². The van der Waals surface area contributed by atoms with E-state index < -0.39 is 0 Å². The van der Waals surface area contributed by atoms with Crippen LogP contribution in [-0.4, -0.2) is 41.5 Å². The summed E-state index contributed by atoms with van der Waals surface area (Å²) in [7, 11) is 0. The lowest BCUT2D eigenvalue weighted by Crippen LogP contribution is -2.43. The van der Waals surface area contributed by atoms with Crippen molar-refractivity contribution in [2.24, 2.45) is 5.73 Å². The Bertz CT molecular complexity index is 383. The Labute approximate surface area is 121 Å². The van der Waals surface area contributed by atoms with E-state index in [-0.39, 0.29) is 11.9 Å². The average Bonchev–Trinajstić information content (AvgIpc) is 2.49. The average molecular weight is 278 g/mol. The molecule has 0 bridgehead atoms. The Hall–Kier alpha value is -1.46. The number of pyridine rings is 1. The third kappa shape index (κ3) is 5.67. The van der Waals surface area contributed by atoms with Crippen LogP contribution in [-0.2, 0) is 11.3 Å². The van der Waals surface area contributed by atoms with Crippen molar-refractivity contribution in [3.05, 3.63) is 30.1 Å². The number of rotatable bonds is 9. The molecule has 1 aromatic heterocycles. The standard InChI is InChI=1S/C15H26N4O/c1-3-8-18-15(20)10-14(11-16)19(4-2)12-13-7-5-6-9-17-13/h5-7,9,14H,3-4,8,10-12,16H2,1-2H3,(H,18,20). The molecule has 5 nitrogen and oxygen atoms in total. The first-order valence-corrected chi connectivity index (χ1v) is 7.31. The van der Waals surface area contributed by atoms with E-state index in [0.29, 0.717) is 13.0 Å². The lowest BCUT2D eigenvalue weighted by atomic mass is 10.1. The highest BCUT2D eigenvalue weighted by Crippen LogP contribution is 2.08. The molecule has 20 heavy (non-hydrogen) atoms. The zero-order valence-corrected chi connectivity index (χ0v) is 12.5. The van der Waals surface area contributed by atoms with Crippen LogP contribution in [0.25, 0.3) is 0 Å². The summed E-state index contributed by atoms with van der Waals surface area (Å²) in [5.41, 5.74) is 6.84. The summed E-state index contributed by atoms with van der Waals surface area (Å²) in [5, 5.41) is 2.90. The minimum absolute atomic E-state index is 0.0545. The van der Waals surface area contributed by atoms with Crippen molar-refractivity contribution in [1.29, 1.82) is 0 Å². The molecule has 0 aliphatic heterocycles. The van der Waals surface area contributed by atoms with Gasteiger partial charge in [0.15, 0.2) is 0 Å². The number of aromatic nitrogens is 1. The molecule has 3 N–H and O–H groups in total. The van der Waals surface area contributed by atoms with Crippen molar-refractivity contribution >= 4 is 5.91 Å². The molecule has 1 amide bonds. The second-order valence-electron chi connectivity index (χ2n) is 4.83. The number of nitrogens with one attached hydrogen (secondary N) is 1. The van der Waals surface area contributed by atoms with Gasteiger partial charge in [-0.2, -0.15) is 0 Å². The molecule has 1 heterocycles. The summed E-state index contributed by atoms with van der Waals surface area (Å²) in [5.74, 6) is 0.0711. The largest absolute Gasteiger partial charge is 0.356 e. The van der Waals surface area contributed by atoms with Gasteiger partial charge in [-0.25, -0.2) is 0 Å². The van der Waals surface area contributed by atoms with Crippen LogP contribution in [0.1, 0.15) is 32.4 Å². The van der Waals surface area contributed by atoms with Gasteiger partial charge in [-0.05, 0) is 25.1 Å². The lowest BCUT2D eigenvalue weighted by molar-refractivity contribution is -0.122. The van der Waals surface area contributed by atoms with E-state index in [4.69, 9.17) is 5.73 Å². The molecule has 0 fully saturated rings. The smallest absolute Gasteiger partial charge is 0.221 e. The summed E-state index contributed by atoms with van der Waals surface area (Å²) >= 11 is 0. The Balaban J connectivity index is 2.58. The number of hydrogen-bond donors (Lipinski definition) is 2. The predicted octanol–water partition coefficient (Wildman–Crippen LogP) is 1.15. The van der Waals surface area contributed by atoms with Gasteiger partial charge in [-0.1, -0.05) is 19.9 Å².